The number of nitrogens with zero attached hydrogens (tertiary/aromatic N) is 1. The number of hydrogen-bond acceptors (Lipinski definition) is 4. The van der Waals surface area contributed by atoms with Crippen molar-refractivity contribution in [3.63, 3.8) is 0 Å². The highest BCUT2D eigenvalue weighted by Gasteiger charge is 2.14. The zero-order valence-corrected chi connectivity index (χ0v) is 18.4. The van der Waals surface area contributed by atoms with E-state index in [0.29, 0.717) is 12.3 Å². The third-order valence-electron chi connectivity index (χ3n) is 5.30. The van der Waals surface area contributed by atoms with Crippen LogP contribution in [0.1, 0.15) is 31.2 Å². The predicted octanol–water partition coefficient (Wildman–Crippen LogP) is 3.84. The minimum Gasteiger partial charge on any atom is -0.326 e. The molecule has 2 aliphatic heterocycles. The molecular weight excluding hydrogens is 401 g/mol. The monoisotopic (exact) mass is 433 g/mol. The summed E-state index contributed by atoms with van der Waals surface area (Å²) in [6.07, 6.45) is 5.16. The van der Waals surface area contributed by atoms with Crippen LogP contribution < -0.4 is 10.6 Å². The van der Waals surface area contributed by atoms with E-state index in [2.05, 4.69) is 39.4 Å². The Morgan fingerprint density at radius 3 is 2.44 bits per heavy atom. The van der Waals surface area contributed by atoms with Crippen molar-refractivity contribution in [2.75, 3.05) is 49.5 Å². The van der Waals surface area contributed by atoms with Crippen LogP contribution in [0.25, 0.3) is 0 Å². The Hall–Kier alpha value is -0.460. The zero-order valence-electron chi connectivity index (χ0n) is 16.0. The van der Waals surface area contributed by atoms with Gasteiger partial charge in [0.2, 0.25) is 5.91 Å². The van der Waals surface area contributed by atoms with Gasteiger partial charge in [-0.15, -0.1) is 24.8 Å². The molecule has 0 saturated carbocycles. The molecular formula is C20H33Cl2N3OS. The van der Waals surface area contributed by atoms with E-state index in [9.17, 15) is 4.79 Å². The van der Waals surface area contributed by atoms with Gasteiger partial charge >= 0.3 is 0 Å². The summed E-state index contributed by atoms with van der Waals surface area (Å²) in [7, 11) is 0. The molecule has 3 rings (SSSR count). The van der Waals surface area contributed by atoms with Crippen LogP contribution in [0.3, 0.4) is 0 Å². The van der Waals surface area contributed by atoms with Crippen molar-refractivity contribution < 1.29 is 4.79 Å². The number of piperidine rings is 1. The van der Waals surface area contributed by atoms with Crippen LogP contribution in [0.4, 0.5) is 5.69 Å². The van der Waals surface area contributed by atoms with Gasteiger partial charge in [0.25, 0.3) is 0 Å². The number of carbonyl (C=O) groups excluding carboxylic acids is 1. The van der Waals surface area contributed by atoms with E-state index in [1.54, 1.807) is 0 Å². The Bertz CT molecular complexity index is 533. The Kier molecular flexibility index (Phi) is 12.4. The molecule has 2 fully saturated rings. The van der Waals surface area contributed by atoms with Gasteiger partial charge in [-0.05, 0) is 62.4 Å². The van der Waals surface area contributed by atoms with Crippen LogP contribution >= 0.6 is 36.6 Å². The zero-order chi connectivity index (χ0) is 17.3. The second kappa shape index (κ2) is 13.7. The smallest absolute Gasteiger partial charge is 0.224 e. The van der Waals surface area contributed by atoms with Gasteiger partial charge < -0.3 is 15.5 Å². The number of halogens is 2. The molecule has 2 N–H and O–H groups in total. The van der Waals surface area contributed by atoms with Crippen molar-refractivity contribution in [2.24, 2.45) is 5.92 Å². The first-order valence-electron chi connectivity index (χ1n) is 9.69. The Balaban J connectivity index is 0.00000182. The number of carbonyl (C=O) groups is 1. The van der Waals surface area contributed by atoms with Crippen LogP contribution in [0.15, 0.2) is 24.3 Å². The van der Waals surface area contributed by atoms with Crippen LogP contribution in [0.2, 0.25) is 0 Å². The summed E-state index contributed by atoms with van der Waals surface area (Å²) >= 11 is 2.06. The summed E-state index contributed by atoms with van der Waals surface area (Å²) < 4.78 is 0. The average Bonchev–Trinajstić information content (AvgIpc) is 2.67. The largest absolute Gasteiger partial charge is 0.326 e. The fourth-order valence-electron chi connectivity index (χ4n) is 3.60. The fourth-order valence-corrected chi connectivity index (χ4v) is 4.57. The average molecular weight is 434 g/mol. The highest BCUT2D eigenvalue weighted by Crippen LogP contribution is 2.18. The van der Waals surface area contributed by atoms with Gasteiger partial charge in [-0.1, -0.05) is 12.1 Å². The molecule has 2 aliphatic rings. The first kappa shape index (κ1) is 24.6. The van der Waals surface area contributed by atoms with Gasteiger partial charge in [-0.2, -0.15) is 11.8 Å². The van der Waals surface area contributed by atoms with Crippen molar-refractivity contribution in [1.82, 2.24) is 10.2 Å². The molecule has 0 unspecified atom stereocenters. The summed E-state index contributed by atoms with van der Waals surface area (Å²) in [4.78, 5) is 14.7. The quantitative estimate of drug-likeness (QED) is 0.685. The van der Waals surface area contributed by atoms with E-state index in [0.717, 1.165) is 38.2 Å². The SMILES string of the molecule is Cl.Cl.O=C(CCC1CCNCC1)Nc1ccc(CCN2CCSCC2)cc1. The molecule has 2 heterocycles. The van der Waals surface area contributed by atoms with E-state index < -0.39 is 0 Å². The van der Waals surface area contributed by atoms with Crippen LogP contribution in [-0.4, -0.2) is 55.0 Å². The molecule has 7 heteroatoms. The van der Waals surface area contributed by atoms with Crippen molar-refractivity contribution in [2.45, 2.75) is 32.1 Å². The van der Waals surface area contributed by atoms with Gasteiger partial charge in [0.05, 0.1) is 0 Å². The molecule has 0 aliphatic carbocycles. The van der Waals surface area contributed by atoms with E-state index in [1.165, 1.54) is 43.0 Å². The van der Waals surface area contributed by atoms with Gasteiger partial charge in [-0.3, -0.25) is 4.79 Å². The maximum atomic E-state index is 12.1. The molecule has 1 aromatic rings. The lowest BCUT2D eigenvalue weighted by atomic mass is 9.93. The standard InChI is InChI=1S/C20H31N3OS.2ClH/c24-20(6-3-18-7-10-21-11-8-18)22-19-4-1-17(2-5-19)9-12-23-13-15-25-16-14-23;;/h1-2,4-5,18,21H,3,6-16H2,(H,22,24);2*1H. The second-order valence-corrected chi connectivity index (χ2v) is 8.41. The summed E-state index contributed by atoms with van der Waals surface area (Å²) in [6, 6.07) is 8.40. The third kappa shape index (κ3) is 9.05. The number of hydrogen-bond donors (Lipinski definition) is 2. The van der Waals surface area contributed by atoms with Crippen LogP contribution in [0, 0.1) is 5.92 Å². The predicted molar refractivity (Wildman–Crippen MR) is 122 cm³/mol. The van der Waals surface area contributed by atoms with Crippen LogP contribution in [-0.2, 0) is 11.2 Å². The van der Waals surface area contributed by atoms with Crippen molar-refractivity contribution in [1.29, 1.82) is 0 Å². The van der Waals surface area contributed by atoms with Gasteiger partial charge in [-0.25, -0.2) is 0 Å². The summed E-state index contributed by atoms with van der Waals surface area (Å²) in [5.74, 6) is 3.39. The molecule has 27 heavy (non-hydrogen) atoms. The Morgan fingerprint density at radius 1 is 1.11 bits per heavy atom. The summed E-state index contributed by atoms with van der Waals surface area (Å²) in [5.41, 5.74) is 2.28. The molecule has 0 bridgehead atoms. The number of nitrogens with one attached hydrogen (secondary N) is 2. The van der Waals surface area contributed by atoms with Crippen molar-refractivity contribution >= 4 is 48.2 Å². The number of amides is 1. The first-order valence-corrected chi connectivity index (χ1v) is 10.8. The number of anilines is 1. The van der Waals surface area contributed by atoms with Crippen molar-refractivity contribution in [3.8, 4) is 0 Å². The van der Waals surface area contributed by atoms with Gasteiger partial charge in [0, 0.05) is 43.2 Å². The van der Waals surface area contributed by atoms with Crippen LogP contribution in [0.5, 0.6) is 0 Å². The van der Waals surface area contributed by atoms with E-state index >= 15 is 0 Å². The topological polar surface area (TPSA) is 44.4 Å². The molecule has 2 saturated heterocycles. The maximum Gasteiger partial charge on any atom is 0.224 e. The lowest BCUT2D eigenvalue weighted by Crippen LogP contribution is -2.34. The van der Waals surface area contributed by atoms with Crippen molar-refractivity contribution in [3.05, 3.63) is 29.8 Å². The molecule has 1 amide bonds. The van der Waals surface area contributed by atoms with E-state index in [1.807, 2.05) is 12.1 Å². The maximum absolute atomic E-state index is 12.1. The highest BCUT2D eigenvalue weighted by atomic mass is 35.5. The first-order chi connectivity index (χ1) is 12.3. The van der Waals surface area contributed by atoms with E-state index in [4.69, 9.17) is 0 Å². The van der Waals surface area contributed by atoms with E-state index in [-0.39, 0.29) is 30.7 Å². The molecule has 0 radical (unpaired) electrons. The normalized spacial score (nSPS) is 18.2. The number of benzene rings is 1. The molecule has 154 valence electrons. The van der Waals surface area contributed by atoms with Gasteiger partial charge in [0.15, 0.2) is 0 Å². The molecule has 0 atom stereocenters. The second-order valence-electron chi connectivity index (χ2n) is 7.18. The molecule has 4 nitrogen and oxygen atoms in total. The Labute approximate surface area is 180 Å². The molecule has 1 aromatic carbocycles. The highest BCUT2D eigenvalue weighted by molar-refractivity contribution is 7.99. The number of rotatable bonds is 7. The molecule has 0 aromatic heterocycles. The van der Waals surface area contributed by atoms with Gasteiger partial charge in [0.1, 0.15) is 0 Å². The Morgan fingerprint density at radius 2 is 1.78 bits per heavy atom. The summed E-state index contributed by atoms with van der Waals surface area (Å²) in [5, 5.41) is 6.42. The minimum absolute atomic E-state index is 0. The number of thioether (sulfide) groups is 1. The minimum atomic E-state index is 0. The lowest BCUT2D eigenvalue weighted by Gasteiger charge is -2.26. The molecule has 0 spiro atoms. The fraction of sp³-hybridized carbons (Fsp3) is 0.650. The summed E-state index contributed by atoms with van der Waals surface area (Å²) in [6.45, 7) is 5.78. The lowest BCUT2D eigenvalue weighted by molar-refractivity contribution is -0.116. The third-order valence-corrected chi connectivity index (χ3v) is 6.24.